The van der Waals surface area contributed by atoms with E-state index in [0.717, 1.165) is 5.56 Å². The summed E-state index contributed by atoms with van der Waals surface area (Å²) in [5, 5.41) is 15.3. The van der Waals surface area contributed by atoms with Crippen molar-refractivity contribution in [1.29, 1.82) is 5.41 Å². The molecule has 0 saturated carbocycles. The summed E-state index contributed by atoms with van der Waals surface area (Å²) in [5.41, 5.74) is 1.54. The quantitative estimate of drug-likeness (QED) is 0.737. The highest BCUT2D eigenvalue weighted by Crippen LogP contribution is 2.39. The van der Waals surface area contributed by atoms with Gasteiger partial charge in [-0.3, -0.25) is 15.2 Å². The number of carbonyl (C=O) groups excluding carboxylic acids is 1. The molecule has 3 heterocycles. The van der Waals surface area contributed by atoms with Gasteiger partial charge in [-0.15, -0.1) is 0 Å². The van der Waals surface area contributed by atoms with Gasteiger partial charge in [0.2, 0.25) is 10.9 Å². The summed E-state index contributed by atoms with van der Waals surface area (Å²) >= 11 is 1.23. The zero-order valence-corrected chi connectivity index (χ0v) is 17.2. The van der Waals surface area contributed by atoms with Gasteiger partial charge in [0.25, 0.3) is 5.91 Å². The molecule has 152 valence electrons. The maximum atomic E-state index is 12.6. The number of aliphatic imine (C=N–C) groups is 1. The molecule has 1 aromatic heterocycles. The average molecular weight is 423 g/mol. The minimum Gasteiger partial charge on any atom is -0.493 e. The van der Waals surface area contributed by atoms with Gasteiger partial charge in [0.05, 0.1) is 26.9 Å². The van der Waals surface area contributed by atoms with Crippen molar-refractivity contribution in [2.75, 3.05) is 21.3 Å². The molecule has 1 aromatic carbocycles. The minimum atomic E-state index is -0.515. The van der Waals surface area contributed by atoms with E-state index in [-0.39, 0.29) is 11.4 Å². The lowest BCUT2D eigenvalue weighted by Crippen LogP contribution is -2.35. The van der Waals surface area contributed by atoms with Crippen LogP contribution in [-0.4, -0.2) is 53.3 Å². The van der Waals surface area contributed by atoms with Gasteiger partial charge in [0.1, 0.15) is 5.04 Å². The van der Waals surface area contributed by atoms with Crippen LogP contribution >= 0.6 is 11.8 Å². The molecule has 0 bridgehead atoms. The van der Waals surface area contributed by atoms with Crippen LogP contribution in [0.2, 0.25) is 0 Å². The summed E-state index contributed by atoms with van der Waals surface area (Å²) in [6, 6.07) is 7.00. The van der Waals surface area contributed by atoms with Crippen molar-refractivity contribution in [3.05, 3.63) is 53.4 Å². The van der Waals surface area contributed by atoms with Gasteiger partial charge >= 0.3 is 0 Å². The number of nitrogens with one attached hydrogen (secondary N) is 1. The fraction of sp³-hybridized carbons (Fsp3) is 0.150. The number of benzene rings is 1. The monoisotopic (exact) mass is 423 g/mol. The van der Waals surface area contributed by atoms with Crippen LogP contribution < -0.4 is 14.2 Å². The Morgan fingerprint density at radius 3 is 2.33 bits per heavy atom. The van der Waals surface area contributed by atoms with E-state index in [9.17, 15) is 4.79 Å². The average Bonchev–Trinajstić information content (AvgIpc) is 3.20. The van der Waals surface area contributed by atoms with E-state index in [2.05, 4.69) is 15.1 Å². The van der Waals surface area contributed by atoms with Gasteiger partial charge < -0.3 is 14.2 Å². The van der Waals surface area contributed by atoms with Gasteiger partial charge in [0.15, 0.2) is 17.3 Å². The van der Waals surface area contributed by atoms with E-state index in [1.54, 1.807) is 30.6 Å². The molecule has 1 amide bonds. The first-order valence-electron chi connectivity index (χ1n) is 8.76. The van der Waals surface area contributed by atoms with E-state index in [0.29, 0.717) is 33.0 Å². The Morgan fingerprint density at radius 2 is 1.73 bits per heavy atom. The standard InChI is InChI=1S/C20H17N5O4S/c1-27-14-9-11(10-15(28-2)16(14)29-3)8-13-17(21)25-20(23-18(13)26)30-19(24-25)12-4-6-22-7-5-12/h4-10,21H,1-3H3/b13-8+,21-17?. The second kappa shape index (κ2) is 7.99. The number of aromatic nitrogens is 1. The molecule has 10 heteroatoms. The molecule has 4 rings (SSSR count). The zero-order valence-electron chi connectivity index (χ0n) is 16.4. The van der Waals surface area contributed by atoms with Gasteiger partial charge in [0, 0.05) is 18.0 Å². The number of thioether (sulfide) groups is 1. The first-order valence-corrected chi connectivity index (χ1v) is 9.58. The molecule has 2 aromatic rings. The van der Waals surface area contributed by atoms with Crippen molar-refractivity contribution in [1.82, 2.24) is 9.99 Å². The van der Waals surface area contributed by atoms with Crippen molar-refractivity contribution in [3.63, 3.8) is 0 Å². The summed E-state index contributed by atoms with van der Waals surface area (Å²) in [5.74, 6) is 0.749. The van der Waals surface area contributed by atoms with Crippen molar-refractivity contribution in [2.45, 2.75) is 0 Å². The lowest BCUT2D eigenvalue weighted by atomic mass is 10.1. The van der Waals surface area contributed by atoms with Crippen LogP contribution in [0, 0.1) is 5.41 Å². The van der Waals surface area contributed by atoms with Crippen molar-refractivity contribution in [2.24, 2.45) is 10.1 Å². The van der Waals surface area contributed by atoms with Crippen LogP contribution in [0.15, 0.2) is 52.3 Å². The first kappa shape index (κ1) is 19.6. The fourth-order valence-corrected chi connectivity index (χ4v) is 3.85. The molecular formula is C20H17N5O4S. The van der Waals surface area contributed by atoms with E-state index < -0.39 is 5.91 Å². The molecule has 30 heavy (non-hydrogen) atoms. The number of hydrogen-bond acceptors (Lipinski definition) is 8. The van der Waals surface area contributed by atoms with Crippen LogP contribution in [0.1, 0.15) is 11.1 Å². The fourth-order valence-electron chi connectivity index (χ4n) is 2.95. The normalized spacial score (nSPS) is 16.9. The molecule has 0 unspecified atom stereocenters. The Kier molecular flexibility index (Phi) is 5.23. The molecule has 0 spiro atoms. The minimum absolute atomic E-state index is 0.0599. The van der Waals surface area contributed by atoms with Gasteiger partial charge in [-0.25, -0.2) is 0 Å². The van der Waals surface area contributed by atoms with Crippen LogP contribution in [-0.2, 0) is 4.79 Å². The number of nitrogens with zero attached hydrogens (tertiary/aromatic N) is 4. The summed E-state index contributed by atoms with van der Waals surface area (Å²) in [6.45, 7) is 0. The van der Waals surface area contributed by atoms with E-state index >= 15 is 0 Å². The van der Waals surface area contributed by atoms with E-state index in [1.165, 1.54) is 38.1 Å². The third-order valence-electron chi connectivity index (χ3n) is 4.38. The predicted octanol–water partition coefficient (Wildman–Crippen LogP) is 2.77. The second-order valence-electron chi connectivity index (χ2n) is 6.12. The van der Waals surface area contributed by atoms with Crippen molar-refractivity contribution >= 4 is 39.8 Å². The smallest absolute Gasteiger partial charge is 0.283 e. The van der Waals surface area contributed by atoms with Gasteiger partial charge in [-0.1, -0.05) is 0 Å². The SMILES string of the molecule is COc1cc(/C=C2\C(=N)N3N=C(c4ccncc4)SC3=NC2=O)cc(OC)c1OC. The van der Waals surface area contributed by atoms with Crippen LogP contribution in [0.25, 0.3) is 6.08 Å². The summed E-state index contributed by atoms with van der Waals surface area (Å²) in [6.07, 6.45) is 4.87. The van der Waals surface area contributed by atoms with Crippen molar-refractivity contribution < 1.29 is 19.0 Å². The van der Waals surface area contributed by atoms with Crippen molar-refractivity contribution in [3.8, 4) is 17.2 Å². The number of carbonyl (C=O) groups is 1. The molecule has 1 N–H and O–H groups in total. The zero-order chi connectivity index (χ0) is 21.3. The highest BCUT2D eigenvalue weighted by molar-refractivity contribution is 8.27. The first-order chi connectivity index (χ1) is 14.5. The maximum absolute atomic E-state index is 12.6. The predicted molar refractivity (Wildman–Crippen MR) is 114 cm³/mol. The Labute approximate surface area is 176 Å². The highest BCUT2D eigenvalue weighted by atomic mass is 32.2. The summed E-state index contributed by atoms with van der Waals surface area (Å²) < 4.78 is 16.0. The number of pyridine rings is 1. The van der Waals surface area contributed by atoms with E-state index in [4.69, 9.17) is 19.6 Å². The number of fused-ring (bicyclic) bond motifs is 1. The Bertz CT molecular complexity index is 1100. The van der Waals surface area contributed by atoms with Gasteiger partial charge in [-0.05, 0) is 47.7 Å². The molecule has 0 fully saturated rings. The molecule has 0 saturated heterocycles. The maximum Gasteiger partial charge on any atom is 0.283 e. The lowest BCUT2D eigenvalue weighted by Gasteiger charge is -2.20. The third kappa shape index (κ3) is 3.41. The molecule has 9 nitrogen and oxygen atoms in total. The topological polar surface area (TPSA) is 109 Å². The number of amidine groups is 2. The Balaban J connectivity index is 1.72. The molecule has 0 aliphatic carbocycles. The number of hydrogen-bond donors (Lipinski definition) is 1. The third-order valence-corrected chi connectivity index (χ3v) is 5.34. The molecule has 2 aliphatic rings. The Morgan fingerprint density at radius 1 is 1.07 bits per heavy atom. The number of rotatable bonds is 5. The number of methoxy groups -OCH3 is 3. The lowest BCUT2D eigenvalue weighted by molar-refractivity contribution is -0.114. The molecule has 0 atom stereocenters. The van der Waals surface area contributed by atoms with Crippen LogP contribution in [0.4, 0.5) is 0 Å². The van der Waals surface area contributed by atoms with Gasteiger partial charge in [-0.2, -0.15) is 15.1 Å². The summed E-state index contributed by atoms with van der Waals surface area (Å²) in [4.78, 5) is 20.7. The number of hydrazone groups is 1. The Hall–Kier alpha value is -3.66. The van der Waals surface area contributed by atoms with Crippen LogP contribution in [0.5, 0.6) is 17.2 Å². The second-order valence-corrected chi connectivity index (χ2v) is 7.08. The highest BCUT2D eigenvalue weighted by Gasteiger charge is 2.36. The number of ether oxygens (including phenoxy) is 3. The molecule has 2 aliphatic heterocycles. The molecule has 0 radical (unpaired) electrons. The van der Waals surface area contributed by atoms with Crippen LogP contribution in [0.3, 0.4) is 0 Å². The largest absolute Gasteiger partial charge is 0.493 e. The number of amides is 1. The van der Waals surface area contributed by atoms with E-state index in [1.807, 2.05) is 12.1 Å². The molecular weight excluding hydrogens is 406 g/mol. The summed E-state index contributed by atoms with van der Waals surface area (Å²) in [7, 11) is 4.53.